The molecule has 2 amide bonds. The zero-order chi connectivity index (χ0) is 20.9. The van der Waals surface area contributed by atoms with Crippen molar-refractivity contribution in [3.05, 3.63) is 76.9 Å². The lowest BCUT2D eigenvalue weighted by atomic mass is 10.1. The van der Waals surface area contributed by atoms with Crippen LogP contribution in [-0.4, -0.2) is 27.7 Å². The minimum Gasteiger partial charge on any atom is -0.352 e. The van der Waals surface area contributed by atoms with E-state index in [9.17, 15) is 9.59 Å². The fraction of sp³-hybridized carbons (Fsp3) is 0.136. The summed E-state index contributed by atoms with van der Waals surface area (Å²) in [7, 11) is 0. The molecule has 2 heterocycles. The Morgan fingerprint density at radius 2 is 1.83 bits per heavy atom. The fourth-order valence-electron chi connectivity index (χ4n) is 2.97. The van der Waals surface area contributed by atoms with Crippen molar-refractivity contribution in [1.29, 1.82) is 0 Å². The zero-order valence-corrected chi connectivity index (χ0v) is 17.5. The van der Waals surface area contributed by atoms with E-state index < -0.39 is 0 Å². The second kappa shape index (κ2) is 9.11. The number of carbonyl (C=O) groups is 2. The first-order chi connectivity index (χ1) is 14.6. The van der Waals surface area contributed by atoms with Crippen LogP contribution >= 0.6 is 22.9 Å². The van der Waals surface area contributed by atoms with Gasteiger partial charge in [0.1, 0.15) is 0 Å². The molecule has 0 saturated carbocycles. The van der Waals surface area contributed by atoms with E-state index in [-0.39, 0.29) is 11.8 Å². The van der Waals surface area contributed by atoms with Gasteiger partial charge in [-0.3, -0.25) is 14.0 Å². The van der Waals surface area contributed by atoms with Crippen molar-refractivity contribution in [1.82, 2.24) is 14.7 Å². The van der Waals surface area contributed by atoms with Crippen LogP contribution in [0.5, 0.6) is 0 Å². The van der Waals surface area contributed by atoms with Crippen LogP contribution in [0.2, 0.25) is 5.02 Å². The number of fused-ring (bicyclic) bond motifs is 1. The van der Waals surface area contributed by atoms with Gasteiger partial charge in [0.2, 0.25) is 5.91 Å². The Labute approximate surface area is 182 Å². The van der Waals surface area contributed by atoms with Crippen LogP contribution in [0.25, 0.3) is 16.2 Å². The fourth-order valence-corrected chi connectivity index (χ4v) is 3.79. The summed E-state index contributed by atoms with van der Waals surface area (Å²) in [5.74, 6) is -0.271. The number of thiazole rings is 1. The minimum atomic E-state index is -0.179. The SMILES string of the molecule is O=C(CCCNC(=O)c1ccc(Cl)cc1)Nc1ccc(-c2cn3ccsc3n2)cc1. The summed E-state index contributed by atoms with van der Waals surface area (Å²) in [5, 5.41) is 8.26. The number of nitrogens with one attached hydrogen (secondary N) is 2. The molecule has 2 aromatic carbocycles. The number of hydrogen-bond donors (Lipinski definition) is 2. The van der Waals surface area contributed by atoms with Crippen molar-refractivity contribution in [2.45, 2.75) is 12.8 Å². The van der Waals surface area contributed by atoms with Gasteiger partial charge in [-0.15, -0.1) is 11.3 Å². The molecule has 0 aliphatic carbocycles. The molecule has 0 saturated heterocycles. The van der Waals surface area contributed by atoms with E-state index in [1.165, 1.54) is 0 Å². The monoisotopic (exact) mass is 438 g/mol. The van der Waals surface area contributed by atoms with Gasteiger partial charge in [-0.2, -0.15) is 0 Å². The number of carbonyl (C=O) groups excluding carboxylic acids is 2. The van der Waals surface area contributed by atoms with E-state index in [0.717, 1.165) is 21.9 Å². The highest BCUT2D eigenvalue weighted by atomic mass is 35.5. The first kappa shape index (κ1) is 20.1. The Balaban J connectivity index is 1.22. The normalized spacial score (nSPS) is 10.8. The van der Waals surface area contributed by atoms with Crippen molar-refractivity contribution in [2.24, 2.45) is 0 Å². The second-order valence-electron chi connectivity index (χ2n) is 6.71. The Kier molecular flexibility index (Phi) is 6.11. The Morgan fingerprint density at radius 3 is 2.57 bits per heavy atom. The van der Waals surface area contributed by atoms with Crippen LogP contribution in [0, 0.1) is 0 Å². The lowest BCUT2D eigenvalue weighted by Crippen LogP contribution is -2.25. The molecule has 30 heavy (non-hydrogen) atoms. The molecule has 152 valence electrons. The standard InChI is InChI=1S/C22H19ClN4O2S/c23-17-7-3-16(4-8-17)21(29)24-11-1-2-20(28)25-18-9-5-15(6-10-18)19-14-27-12-13-30-22(27)26-19/h3-10,12-14H,1-2,11H2,(H,24,29)(H,25,28). The number of aromatic nitrogens is 2. The maximum Gasteiger partial charge on any atom is 0.251 e. The Bertz CT molecular complexity index is 1140. The van der Waals surface area contributed by atoms with Gasteiger partial charge in [-0.1, -0.05) is 23.7 Å². The summed E-state index contributed by atoms with van der Waals surface area (Å²) < 4.78 is 1.99. The lowest BCUT2D eigenvalue weighted by molar-refractivity contribution is -0.116. The first-order valence-corrected chi connectivity index (χ1v) is 10.7. The van der Waals surface area contributed by atoms with Crippen molar-refractivity contribution >= 4 is 45.4 Å². The van der Waals surface area contributed by atoms with Gasteiger partial charge in [0.05, 0.1) is 5.69 Å². The van der Waals surface area contributed by atoms with E-state index in [2.05, 4.69) is 15.6 Å². The van der Waals surface area contributed by atoms with Crippen LogP contribution in [0.1, 0.15) is 23.2 Å². The molecule has 8 heteroatoms. The van der Waals surface area contributed by atoms with Gasteiger partial charge < -0.3 is 10.6 Å². The molecular weight excluding hydrogens is 420 g/mol. The number of halogens is 1. The van der Waals surface area contributed by atoms with E-state index >= 15 is 0 Å². The number of benzene rings is 2. The molecule has 0 bridgehead atoms. The van der Waals surface area contributed by atoms with E-state index in [4.69, 9.17) is 11.6 Å². The van der Waals surface area contributed by atoms with Crippen LogP contribution in [-0.2, 0) is 4.79 Å². The first-order valence-electron chi connectivity index (χ1n) is 9.45. The second-order valence-corrected chi connectivity index (χ2v) is 8.02. The highest BCUT2D eigenvalue weighted by molar-refractivity contribution is 7.15. The van der Waals surface area contributed by atoms with Gasteiger partial charge in [-0.25, -0.2) is 4.98 Å². The minimum absolute atomic E-state index is 0.0917. The molecule has 0 atom stereocenters. The third-order valence-corrected chi connectivity index (χ3v) is 5.55. The molecule has 4 rings (SSSR count). The van der Waals surface area contributed by atoms with E-state index in [0.29, 0.717) is 30.0 Å². The summed E-state index contributed by atoms with van der Waals surface area (Å²) in [5.41, 5.74) is 3.17. The molecule has 0 spiro atoms. The van der Waals surface area contributed by atoms with Gasteiger partial charge in [-0.05, 0) is 42.8 Å². The number of amides is 2. The van der Waals surface area contributed by atoms with E-state index in [1.54, 1.807) is 35.6 Å². The Hall–Kier alpha value is -3.16. The van der Waals surface area contributed by atoms with Crippen molar-refractivity contribution in [3.8, 4) is 11.3 Å². The van der Waals surface area contributed by atoms with Crippen LogP contribution in [0.3, 0.4) is 0 Å². The molecule has 0 unspecified atom stereocenters. The maximum absolute atomic E-state index is 12.1. The van der Waals surface area contributed by atoms with E-state index in [1.807, 2.05) is 46.4 Å². The summed E-state index contributed by atoms with van der Waals surface area (Å²) in [4.78, 5) is 29.7. The molecule has 0 aliphatic heterocycles. The number of anilines is 1. The molecule has 0 fully saturated rings. The number of imidazole rings is 1. The quantitative estimate of drug-likeness (QED) is 0.404. The van der Waals surface area contributed by atoms with Crippen molar-refractivity contribution in [3.63, 3.8) is 0 Å². The van der Waals surface area contributed by atoms with Gasteiger partial charge in [0.25, 0.3) is 5.91 Å². The van der Waals surface area contributed by atoms with Crippen LogP contribution < -0.4 is 10.6 Å². The summed E-state index contributed by atoms with van der Waals surface area (Å²) in [6, 6.07) is 14.3. The molecule has 2 N–H and O–H groups in total. The largest absolute Gasteiger partial charge is 0.352 e. The number of rotatable bonds is 7. The van der Waals surface area contributed by atoms with Crippen molar-refractivity contribution < 1.29 is 9.59 Å². The molecule has 2 aromatic heterocycles. The highest BCUT2D eigenvalue weighted by Crippen LogP contribution is 2.23. The van der Waals surface area contributed by atoms with Crippen LogP contribution in [0.15, 0.2) is 66.3 Å². The predicted octanol–water partition coefficient (Wildman–Crippen LogP) is 4.86. The van der Waals surface area contributed by atoms with Crippen LogP contribution in [0.4, 0.5) is 5.69 Å². The average molecular weight is 439 g/mol. The van der Waals surface area contributed by atoms with Gasteiger partial charge in [0, 0.05) is 52.6 Å². The topological polar surface area (TPSA) is 75.5 Å². The highest BCUT2D eigenvalue weighted by Gasteiger charge is 2.08. The van der Waals surface area contributed by atoms with Crippen molar-refractivity contribution in [2.75, 3.05) is 11.9 Å². The summed E-state index contributed by atoms with van der Waals surface area (Å²) >= 11 is 7.40. The molecule has 6 nitrogen and oxygen atoms in total. The summed E-state index contributed by atoms with van der Waals surface area (Å²) in [6.07, 6.45) is 4.83. The number of hydrogen-bond acceptors (Lipinski definition) is 4. The zero-order valence-electron chi connectivity index (χ0n) is 16.0. The molecule has 0 aliphatic rings. The third-order valence-electron chi connectivity index (χ3n) is 4.53. The number of nitrogens with zero attached hydrogens (tertiary/aromatic N) is 2. The third kappa shape index (κ3) is 4.87. The molecule has 0 radical (unpaired) electrons. The maximum atomic E-state index is 12.1. The smallest absolute Gasteiger partial charge is 0.251 e. The van der Waals surface area contributed by atoms with Gasteiger partial charge >= 0.3 is 0 Å². The lowest BCUT2D eigenvalue weighted by Gasteiger charge is -2.07. The Morgan fingerprint density at radius 1 is 1.07 bits per heavy atom. The van der Waals surface area contributed by atoms with Gasteiger partial charge in [0.15, 0.2) is 4.96 Å². The predicted molar refractivity (Wildman–Crippen MR) is 120 cm³/mol. The average Bonchev–Trinajstić information content (AvgIpc) is 3.34. The molecule has 4 aromatic rings. The summed E-state index contributed by atoms with van der Waals surface area (Å²) in [6.45, 7) is 0.422. The molecular formula is C22H19ClN4O2S.